The Morgan fingerprint density at radius 2 is 2.00 bits per heavy atom. The molecule has 1 amide bonds. The highest BCUT2D eigenvalue weighted by Gasteiger charge is 2.33. The van der Waals surface area contributed by atoms with Gasteiger partial charge in [-0.05, 0) is 69.8 Å². The first kappa shape index (κ1) is 20.3. The molecule has 2 aromatic rings. The number of aryl methyl sites for hydroxylation is 2. The lowest BCUT2D eigenvalue weighted by molar-refractivity contribution is 0.0963. The van der Waals surface area contributed by atoms with Crippen LogP contribution < -0.4 is 10.2 Å². The molecule has 0 spiro atoms. The summed E-state index contributed by atoms with van der Waals surface area (Å²) in [7, 11) is 0. The molecule has 1 aromatic carbocycles. The van der Waals surface area contributed by atoms with Crippen molar-refractivity contribution in [1.82, 2.24) is 4.90 Å². The van der Waals surface area contributed by atoms with E-state index in [4.69, 9.17) is 4.42 Å². The Morgan fingerprint density at radius 1 is 1.13 bits per heavy atom. The molecule has 3 heterocycles. The molecule has 6 nitrogen and oxygen atoms in total. The van der Waals surface area contributed by atoms with Gasteiger partial charge in [-0.1, -0.05) is 0 Å². The van der Waals surface area contributed by atoms with Crippen LogP contribution in [0, 0.1) is 6.92 Å². The molecule has 0 bridgehead atoms. The SMILES string of the molecule is Cc1cc(N2CCC(N3CCCC3C)C2)ccc1NC(=O)c1cc2c(o1)CCCC2=O. The van der Waals surface area contributed by atoms with Crippen LogP contribution in [0.2, 0.25) is 0 Å². The number of carbonyl (C=O) groups is 2. The minimum atomic E-state index is -0.303. The molecule has 2 aliphatic heterocycles. The zero-order valence-electron chi connectivity index (χ0n) is 18.4. The van der Waals surface area contributed by atoms with Gasteiger partial charge in [0.15, 0.2) is 11.5 Å². The number of furan rings is 1. The fourth-order valence-corrected chi connectivity index (χ4v) is 5.42. The summed E-state index contributed by atoms with van der Waals surface area (Å²) in [5.74, 6) is 0.620. The van der Waals surface area contributed by atoms with Crippen molar-refractivity contribution in [2.24, 2.45) is 0 Å². The van der Waals surface area contributed by atoms with Crippen LogP contribution >= 0.6 is 0 Å². The average molecular weight is 422 g/mol. The van der Waals surface area contributed by atoms with Crippen molar-refractivity contribution < 1.29 is 14.0 Å². The van der Waals surface area contributed by atoms with Gasteiger partial charge in [0, 0.05) is 55.5 Å². The Morgan fingerprint density at radius 3 is 2.74 bits per heavy atom. The predicted octanol–water partition coefficient (Wildman–Crippen LogP) is 4.42. The van der Waals surface area contributed by atoms with Gasteiger partial charge < -0.3 is 14.6 Å². The van der Waals surface area contributed by atoms with Crippen molar-refractivity contribution in [1.29, 1.82) is 0 Å². The van der Waals surface area contributed by atoms with Crippen molar-refractivity contribution in [3.8, 4) is 0 Å². The van der Waals surface area contributed by atoms with Crippen LogP contribution in [0.25, 0.3) is 0 Å². The predicted molar refractivity (Wildman–Crippen MR) is 121 cm³/mol. The van der Waals surface area contributed by atoms with E-state index < -0.39 is 0 Å². The number of hydrogen-bond donors (Lipinski definition) is 1. The van der Waals surface area contributed by atoms with Crippen LogP contribution in [0.15, 0.2) is 28.7 Å². The molecular weight excluding hydrogens is 390 g/mol. The number of anilines is 2. The number of carbonyl (C=O) groups excluding carboxylic acids is 2. The van der Waals surface area contributed by atoms with Crippen LogP contribution in [0.4, 0.5) is 11.4 Å². The van der Waals surface area contributed by atoms with Crippen LogP contribution in [-0.2, 0) is 6.42 Å². The summed E-state index contributed by atoms with van der Waals surface area (Å²) in [6.07, 6.45) is 5.88. The minimum absolute atomic E-state index is 0.0665. The van der Waals surface area contributed by atoms with Gasteiger partial charge in [-0.2, -0.15) is 0 Å². The van der Waals surface area contributed by atoms with E-state index in [0.29, 0.717) is 29.8 Å². The lowest BCUT2D eigenvalue weighted by atomic mass is 9.97. The van der Waals surface area contributed by atoms with Gasteiger partial charge >= 0.3 is 0 Å². The summed E-state index contributed by atoms with van der Waals surface area (Å²) in [6.45, 7) is 7.74. The first-order valence-corrected chi connectivity index (χ1v) is 11.6. The van der Waals surface area contributed by atoms with Gasteiger partial charge in [0.25, 0.3) is 5.91 Å². The Kier molecular flexibility index (Phi) is 5.34. The maximum atomic E-state index is 12.7. The third-order valence-corrected chi connectivity index (χ3v) is 7.20. The van der Waals surface area contributed by atoms with Crippen molar-refractivity contribution in [2.45, 2.75) is 64.5 Å². The van der Waals surface area contributed by atoms with Crippen molar-refractivity contribution in [2.75, 3.05) is 29.9 Å². The summed E-state index contributed by atoms with van der Waals surface area (Å²) in [5, 5.41) is 2.96. The number of nitrogens with one attached hydrogen (secondary N) is 1. The highest BCUT2D eigenvalue weighted by atomic mass is 16.4. The van der Waals surface area contributed by atoms with Gasteiger partial charge in [-0.25, -0.2) is 0 Å². The largest absolute Gasteiger partial charge is 0.455 e. The summed E-state index contributed by atoms with van der Waals surface area (Å²) < 4.78 is 5.68. The molecule has 1 aromatic heterocycles. The molecular formula is C25H31N3O3. The standard InChI is InChI=1S/C25H31N3O3/c1-16-13-18(27-12-10-19(15-27)28-11-4-5-17(28)2)8-9-21(16)26-25(30)24-14-20-22(29)6-3-7-23(20)31-24/h8-9,13-14,17,19H,3-7,10-12,15H2,1-2H3,(H,26,30). The smallest absolute Gasteiger partial charge is 0.291 e. The minimum Gasteiger partial charge on any atom is -0.455 e. The first-order chi connectivity index (χ1) is 15.0. The third-order valence-electron chi connectivity index (χ3n) is 7.20. The maximum Gasteiger partial charge on any atom is 0.291 e. The van der Waals surface area contributed by atoms with E-state index in [1.54, 1.807) is 6.07 Å². The normalized spacial score (nSPS) is 23.9. The van der Waals surface area contributed by atoms with Gasteiger partial charge in [0.05, 0.1) is 5.56 Å². The topological polar surface area (TPSA) is 65.8 Å². The summed E-state index contributed by atoms with van der Waals surface area (Å²) in [5.41, 5.74) is 3.58. The number of nitrogens with zero attached hydrogens (tertiary/aromatic N) is 2. The molecule has 0 radical (unpaired) electrons. The fraction of sp³-hybridized carbons (Fsp3) is 0.520. The van der Waals surface area contributed by atoms with E-state index in [-0.39, 0.29) is 17.5 Å². The molecule has 31 heavy (non-hydrogen) atoms. The van der Waals surface area contributed by atoms with Crippen molar-refractivity contribution in [3.63, 3.8) is 0 Å². The Bertz CT molecular complexity index is 1010. The number of ketones is 1. The number of amides is 1. The molecule has 2 saturated heterocycles. The molecule has 6 heteroatoms. The second-order valence-electron chi connectivity index (χ2n) is 9.30. The van der Waals surface area contributed by atoms with E-state index in [2.05, 4.69) is 34.2 Å². The van der Waals surface area contributed by atoms with Crippen molar-refractivity contribution in [3.05, 3.63) is 46.9 Å². The number of likely N-dealkylation sites (tertiary alicyclic amines) is 1. The number of Topliss-reactive ketones (excluding diaryl/α,β-unsaturated/α-hetero) is 1. The highest BCUT2D eigenvalue weighted by Crippen LogP contribution is 2.31. The second kappa shape index (κ2) is 8.15. The molecule has 2 fully saturated rings. The lowest BCUT2D eigenvalue weighted by Gasteiger charge is -2.28. The molecule has 5 rings (SSSR count). The highest BCUT2D eigenvalue weighted by molar-refractivity contribution is 6.06. The zero-order valence-corrected chi connectivity index (χ0v) is 18.4. The molecule has 0 saturated carbocycles. The van der Waals surface area contributed by atoms with E-state index in [0.717, 1.165) is 37.2 Å². The zero-order chi connectivity index (χ0) is 21.5. The van der Waals surface area contributed by atoms with E-state index in [1.165, 1.54) is 31.5 Å². The van der Waals surface area contributed by atoms with E-state index in [9.17, 15) is 9.59 Å². The third kappa shape index (κ3) is 3.89. The maximum absolute atomic E-state index is 12.7. The van der Waals surface area contributed by atoms with Gasteiger partial charge in [0.1, 0.15) is 5.76 Å². The van der Waals surface area contributed by atoms with Crippen molar-refractivity contribution >= 4 is 23.1 Å². The van der Waals surface area contributed by atoms with Gasteiger partial charge in [0.2, 0.25) is 0 Å². The first-order valence-electron chi connectivity index (χ1n) is 11.6. The molecule has 1 aliphatic carbocycles. The number of rotatable bonds is 4. The summed E-state index contributed by atoms with van der Waals surface area (Å²) >= 11 is 0. The summed E-state index contributed by atoms with van der Waals surface area (Å²) in [6, 6.07) is 9.16. The van der Waals surface area contributed by atoms with Crippen LogP contribution in [0.1, 0.15) is 71.3 Å². The van der Waals surface area contributed by atoms with Gasteiger partial charge in [-0.3, -0.25) is 14.5 Å². The quantitative estimate of drug-likeness (QED) is 0.792. The molecule has 1 N–H and O–H groups in total. The second-order valence-corrected chi connectivity index (χ2v) is 9.30. The lowest BCUT2D eigenvalue weighted by Crippen LogP contribution is -2.39. The number of benzene rings is 1. The average Bonchev–Trinajstić information content (AvgIpc) is 3.48. The molecule has 164 valence electrons. The Balaban J connectivity index is 1.26. The van der Waals surface area contributed by atoms with Crippen LogP contribution in [0.5, 0.6) is 0 Å². The molecule has 2 unspecified atom stereocenters. The molecule has 3 aliphatic rings. The summed E-state index contributed by atoms with van der Waals surface area (Å²) in [4.78, 5) is 29.9. The van der Waals surface area contributed by atoms with Crippen LogP contribution in [-0.4, -0.2) is 48.3 Å². The van der Waals surface area contributed by atoms with E-state index >= 15 is 0 Å². The monoisotopic (exact) mass is 421 g/mol. The fourth-order valence-electron chi connectivity index (χ4n) is 5.42. The Labute approximate surface area is 183 Å². The number of fused-ring (bicyclic) bond motifs is 1. The molecule has 2 atom stereocenters. The van der Waals surface area contributed by atoms with E-state index in [1.807, 2.05) is 13.0 Å². The van der Waals surface area contributed by atoms with Crippen LogP contribution in [0.3, 0.4) is 0 Å². The Hall–Kier alpha value is -2.60. The number of hydrogen-bond acceptors (Lipinski definition) is 5. The van der Waals surface area contributed by atoms with Gasteiger partial charge in [-0.15, -0.1) is 0 Å².